The molecule has 0 aromatic heterocycles. The number of carbonyl (C=O) groups excluding carboxylic acids is 1. The van der Waals surface area contributed by atoms with E-state index in [1.54, 1.807) is 60.7 Å². The van der Waals surface area contributed by atoms with Crippen LogP contribution in [-0.2, 0) is 10.1 Å². The Bertz CT molecular complexity index is 1250. The van der Waals surface area contributed by atoms with E-state index in [1.165, 1.54) is 12.1 Å². The number of alkyl halides is 3. The number of rotatable bonds is 11. The third-order valence-corrected chi connectivity index (χ3v) is 11.1. The van der Waals surface area contributed by atoms with Crippen LogP contribution in [-0.4, -0.2) is 23.3 Å². The van der Waals surface area contributed by atoms with Crippen LogP contribution in [0.4, 0.5) is 13.2 Å². The standard InChI is InChI=1S/C28H31F3O4S2/c1-4-5-6-7-8-27(32)23-13-19-26(20-14-23)36(24-15-9-21(2)10-16-24,25-17-11-22(3)12-18-25)35-37(33,34)28(29,30)31/h9-20H,4-8H2,1-3H3/p+1. The molecule has 0 amide bonds. The number of ketones is 1. The molecule has 0 heterocycles. The molecule has 37 heavy (non-hydrogen) atoms. The van der Waals surface area contributed by atoms with Crippen molar-refractivity contribution in [2.24, 2.45) is 0 Å². The quantitative estimate of drug-likeness (QED) is 0.0785. The van der Waals surface area contributed by atoms with Crippen LogP contribution in [0.2, 0.25) is 0 Å². The smallest absolute Gasteiger partial charge is 0.294 e. The zero-order chi connectivity index (χ0) is 27.3. The number of Topliss-reactive ketones (excluding diaryl/α,β-unsaturated/α-hetero) is 1. The van der Waals surface area contributed by atoms with Crippen molar-refractivity contribution < 1.29 is 30.0 Å². The Labute approximate surface area is 218 Å². The van der Waals surface area contributed by atoms with Gasteiger partial charge in [-0.25, -0.2) is 0 Å². The Hall–Kier alpha value is -2.62. The highest BCUT2D eigenvalue weighted by atomic mass is 32.3. The van der Waals surface area contributed by atoms with E-state index in [4.69, 9.17) is 0 Å². The van der Waals surface area contributed by atoms with Crippen LogP contribution in [0.3, 0.4) is 0 Å². The number of aryl methyl sites for hydroxylation is 2. The van der Waals surface area contributed by atoms with Gasteiger partial charge < -0.3 is 0 Å². The number of carbonyl (C=O) groups is 1. The Balaban J connectivity index is 2.19. The maximum atomic E-state index is 13.7. The largest absolute Gasteiger partial charge is 0.572 e. The second kappa shape index (κ2) is 11.8. The Morgan fingerprint density at radius 3 is 1.57 bits per heavy atom. The lowest BCUT2D eigenvalue weighted by atomic mass is 10.0. The van der Waals surface area contributed by atoms with Gasteiger partial charge in [0.1, 0.15) is 0 Å². The van der Waals surface area contributed by atoms with Crippen molar-refractivity contribution in [2.75, 3.05) is 0 Å². The summed E-state index contributed by atoms with van der Waals surface area (Å²) in [5.74, 6) is -0.0613. The van der Waals surface area contributed by atoms with Crippen molar-refractivity contribution in [3.05, 3.63) is 89.5 Å². The van der Waals surface area contributed by atoms with E-state index in [0.29, 0.717) is 21.8 Å². The van der Waals surface area contributed by atoms with Crippen LogP contribution in [0.15, 0.2) is 87.5 Å². The van der Waals surface area contributed by atoms with E-state index in [-0.39, 0.29) is 10.7 Å². The molecule has 0 radical (unpaired) electrons. The SMILES string of the molecule is CCCCCCC(=O)c1ccc(S([OH+]S(=O)(=O)C(F)(F)F)(c2ccc(C)cc2)c2ccc(C)cc2)cc1. The molecule has 0 aliphatic rings. The van der Waals surface area contributed by atoms with Crippen molar-refractivity contribution >= 4 is 26.2 Å². The maximum absolute atomic E-state index is 13.7. The van der Waals surface area contributed by atoms with E-state index in [0.717, 1.165) is 36.8 Å². The van der Waals surface area contributed by atoms with Crippen LogP contribution < -0.4 is 0 Å². The van der Waals surface area contributed by atoms with E-state index < -0.39 is 25.9 Å². The Morgan fingerprint density at radius 1 is 0.730 bits per heavy atom. The first-order chi connectivity index (χ1) is 17.4. The maximum Gasteiger partial charge on any atom is 0.572 e. The average molecular weight is 554 g/mol. The lowest BCUT2D eigenvalue weighted by Crippen LogP contribution is -2.30. The first-order valence-electron chi connectivity index (χ1n) is 12.1. The molecule has 3 aromatic carbocycles. The molecule has 0 atom stereocenters. The molecule has 0 aliphatic carbocycles. The molecule has 0 saturated heterocycles. The van der Waals surface area contributed by atoms with Gasteiger partial charge in [0.25, 0.3) is 0 Å². The van der Waals surface area contributed by atoms with Crippen molar-refractivity contribution in [3.8, 4) is 0 Å². The monoisotopic (exact) mass is 553 g/mol. The molecule has 200 valence electrons. The normalized spacial score (nSPS) is 12.9. The second-order valence-electron chi connectivity index (χ2n) is 8.96. The van der Waals surface area contributed by atoms with Gasteiger partial charge in [-0.15, -0.1) is 8.42 Å². The fourth-order valence-electron chi connectivity index (χ4n) is 3.89. The highest BCUT2D eigenvalue weighted by Gasteiger charge is 2.57. The third kappa shape index (κ3) is 6.64. The summed E-state index contributed by atoms with van der Waals surface area (Å²) in [7, 11) is -9.14. The van der Waals surface area contributed by atoms with Crippen LogP contribution in [0, 0.1) is 13.8 Å². The summed E-state index contributed by atoms with van der Waals surface area (Å²) >= 11 is 0. The van der Waals surface area contributed by atoms with Gasteiger partial charge >= 0.3 is 15.6 Å². The summed E-state index contributed by atoms with van der Waals surface area (Å²) in [5, 5.41) is 0. The van der Waals surface area contributed by atoms with Gasteiger partial charge in [-0.1, -0.05) is 73.7 Å². The number of benzene rings is 3. The van der Waals surface area contributed by atoms with Gasteiger partial charge in [0, 0.05) is 12.0 Å². The van der Waals surface area contributed by atoms with Crippen LogP contribution in [0.25, 0.3) is 0 Å². The van der Waals surface area contributed by atoms with Crippen LogP contribution >= 0.6 is 10.3 Å². The molecule has 9 heteroatoms. The average Bonchev–Trinajstić information content (AvgIpc) is 2.85. The van der Waals surface area contributed by atoms with Gasteiger partial charge in [-0.3, -0.25) is 8.42 Å². The first-order valence-corrected chi connectivity index (χ1v) is 15.1. The molecule has 3 aromatic rings. The number of hydrogen-bond donors (Lipinski definition) is 0. The molecule has 0 aliphatic heterocycles. The summed E-state index contributed by atoms with van der Waals surface area (Å²) in [6.45, 7) is 5.75. The van der Waals surface area contributed by atoms with Gasteiger partial charge in [0.05, 0.1) is 25.0 Å². The van der Waals surface area contributed by atoms with E-state index in [1.807, 2.05) is 13.8 Å². The summed E-state index contributed by atoms with van der Waals surface area (Å²) in [5.41, 5.74) is -3.40. The Morgan fingerprint density at radius 2 is 1.16 bits per heavy atom. The fraction of sp³-hybridized carbons (Fsp3) is 0.321. The topological polar surface area (TPSA) is 64.0 Å². The first kappa shape index (κ1) is 28.9. The zero-order valence-electron chi connectivity index (χ0n) is 21.1. The summed E-state index contributed by atoms with van der Waals surface area (Å²) in [6, 6.07) is 19.5. The molecule has 3 rings (SSSR count). The van der Waals surface area contributed by atoms with Gasteiger partial charge in [0.2, 0.25) is 0 Å². The van der Waals surface area contributed by atoms with E-state index >= 15 is 0 Å². The minimum absolute atomic E-state index is 0.0613. The molecular formula is C28H32F3O4S2+. The van der Waals surface area contributed by atoms with Crippen LogP contribution in [0.1, 0.15) is 60.5 Å². The molecule has 0 unspecified atom stereocenters. The predicted molar refractivity (Wildman–Crippen MR) is 142 cm³/mol. The van der Waals surface area contributed by atoms with Crippen molar-refractivity contribution in [2.45, 2.75) is 73.1 Å². The Kier molecular flexibility index (Phi) is 9.26. The predicted octanol–water partition coefficient (Wildman–Crippen LogP) is 8.60. The van der Waals surface area contributed by atoms with Gasteiger partial charge in [0.15, 0.2) is 5.78 Å². The molecule has 0 bridgehead atoms. The summed E-state index contributed by atoms with van der Waals surface area (Å²) in [4.78, 5) is 13.7. The second-order valence-corrected chi connectivity index (χ2v) is 13.5. The van der Waals surface area contributed by atoms with Crippen molar-refractivity contribution in [3.63, 3.8) is 0 Å². The number of unbranched alkanes of at least 4 members (excludes halogenated alkanes) is 3. The lowest BCUT2D eigenvalue weighted by molar-refractivity contribution is -0.0540. The van der Waals surface area contributed by atoms with Gasteiger partial charge in [-0.2, -0.15) is 13.2 Å². The zero-order valence-corrected chi connectivity index (χ0v) is 22.7. The highest BCUT2D eigenvalue weighted by Crippen LogP contribution is 2.69. The van der Waals surface area contributed by atoms with E-state index in [2.05, 4.69) is 10.6 Å². The summed E-state index contributed by atoms with van der Waals surface area (Å²) in [6.07, 6.45) is 4.18. The minimum atomic E-state index is -5.87. The molecule has 0 fully saturated rings. The number of halogens is 3. The molecule has 0 spiro atoms. The minimum Gasteiger partial charge on any atom is -0.294 e. The molecular weight excluding hydrogens is 521 g/mol. The number of hydrogen-bond acceptors (Lipinski definition) is 3. The third-order valence-electron chi connectivity index (χ3n) is 6.00. The molecule has 1 N–H and O–H groups in total. The summed E-state index contributed by atoms with van der Waals surface area (Å²) < 4.78 is 69.8. The van der Waals surface area contributed by atoms with Crippen molar-refractivity contribution in [1.82, 2.24) is 0 Å². The molecule has 4 nitrogen and oxygen atoms in total. The lowest BCUT2D eigenvalue weighted by Gasteiger charge is -2.35. The highest BCUT2D eigenvalue weighted by molar-refractivity contribution is 8.32. The molecule has 0 saturated carbocycles. The van der Waals surface area contributed by atoms with Crippen molar-refractivity contribution in [1.29, 1.82) is 0 Å². The van der Waals surface area contributed by atoms with Gasteiger partial charge in [-0.05, 0) is 56.7 Å². The van der Waals surface area contributed by atoms with E-state index in [9.17, 15) is 26.4 Å². The van der Waals surface area contributed by atoms with Crippen LogP contribution in [0.5, 0.6) is 0 Å². The fourth-order valence-corrected chi connectivity index (χ4v) is 8.85.